The van der Waals surface area contributed by atoms with Crippen molar-refractivity contribution in [1.82, 2.24) is 51.9 Å². The van der Waals surface area contributed by atoms with E-state index in [1.54, 1.807) is 34.6 Å². The first-order chi connectivity index (χ1) is 30.0. The maximum atomic E-state index is 13.3. The SMILES string of the molecule is CC(C)N(CC(=O)NCC(=O)N(C(C)C)C(C)C(=O)NCC(=O)N1CCCC1C(=O)NCC(=O)O)C(=O)CNC(=O)C(CCC(N)=O)NC(=O)CNC(=O)C1CCCN1.CCC(=O)O. The second kappa shape index (κ2) is 28.3. The van der Waals surface area contributed by atoms with Gasteiger partial charge in [0, 0.05) is 31.5 Å². The fourth-order valence-electron chi connectivity index (χ4n) is 6.53. The van der Waals surface area contributed by atoms with Gasteiger partial charge in [0.15, 0.2) is 0 Å². The Labute approximate surface area is 371 Å². The van der Waals surface area contributed by atoms with Crippen LogP contribution in [0.3, 0.4) is 0 Å². The molecule has 0 aromatic carbocycles. The molecule has 2 rings (SSSR count). The number of carbonyl (C=O) groups excluding carboxylic acids is 10. The van der Waals surface area contributed by atoms with Crippen molar-refractivity contribution in [3.05, 3.63) is 0 Å². The molecular weight excluding hydrogens is 846 g/mol. The van der Waals surface area contributed by atoms with Crippen LogP contribution in [0.1, 0.15) is 86.5 Å². The number of carbonyl (C=O) groups is 12. The molecule has 4 atom stereocenters. The fraction of sp³-hybridized carbons (Fsp3) is 0.692. The van der Waals surface area contributed by atoms with Crippen LogP contribution in [0.5, 0.6) is 0 Å². The maximum Gasteiger partial charge on any atom is 0.322 e. The van der Waals surface area contributed by atoms with Gasteiger partial charge in [-0.15, -0.1) is 0 Å². The molecular formula is C39H65N11O14. The lowest BCUT2D eigenvalue weighted by molar-refractivity contribution is -0.143. The molecule has 360 valence electrons. The Morgan fingerprint density at radius 1 is 0.703 bits per heavy atom. The standard InChI is InChI=1S/C36H59N11O12.C3H6O2/c1-20(2)46(30(52)16-42-35(58)24(10-11-26(37)48)44-27(49)14-40-34(57)23-8-6-12-38-23)19-28(50)39-17-31(53)47(21(3)4)22(5)33(56)41-15-29(51)45-13-7-9-25(45)36(59)43-18-32(54)55;1-2-3(4)5/h20-25,38H,6-19H2,1-5H3,(H2,37,48)(H,39,50)(H,40,57)(H,41,56)(H,42,58)(H,43,59)(H,44,49)(H,54,55);2H2,1H3,(H,4,5). The van der Waals surface area contributed by atoms with Crippen LogP contribution in [-0.4, -0.2) is 185 Å². The van der Waals surface area contributed by atoms with Crippen molar-refractivity contribution < 1.29 is 67.7 Å². The van der Waals surface area contributed by atoms with Gasteiger partial charge in [-0.2, -0.15) is 0 Å². The lowest BCUT2D eigenvalue weighted by Gasteiger charge is -2.32. The molecule has 2 fully saturated rings. The minimum absolute atomic E-state index is 0.188. The third-order valence-electron chi connectivity index (χ3n) is 9.89. The van der Waals surface area contributed by atoms with E-state index in [4.69, 9.17) is 15.9 Å². The molecule has 0 aliphatic carbocycles. The van der Waals surface area contributed by atoms with Crippen LogP contribution in [0.25, 0.3) is 0 Å². The minimum Gasteiger partial charge on any atom is -0.481 e. The Hall–Kier alpha value is -6.40. The predicted octanol–water partition coefficient (Wildman–Crippen LogP) is -4.51. The number of nitrogens with one attached hydrogen (secondary N) is 7. The van der Waals surface area contributed by atoms with Gasteiger partial charge in [0.1, 0.15) is 24.7 Å². The number of nitrogens with zero attached hydrogens (tertiary/aromatic N) is 3. The number of aliphatic carboxylic acids is 2. The summed E-state index contributed by atoms with van der Waals surface area (Å²) in [5.41, 5.74) is 5.23. The number of hydrogen-bond donors (Lipinski definition) is 10. The van der Waals surface area contributed by atoms with Gasteiger partial charge in [-0.3, -0.25) is 57.5 Å². The summed E-state index contributed by atoms with van der Waals surface area (Å²) in [6.45, 7) is 7.29. The van der Waals surface area contributed by atoms with E-state index in [0.29, 0.717) is 25.8 Å². The third kappa shape index (κ3) is 20.2. The average Bonchev–Trinajstić information content (AvgIpc) is 3.96. The Bertz CT molecular complexity index is 1700. The summed E-state index contributed by atoms with van der Waals surface area (Å²) in [5, 5.41) is 34.0. The van der Waals surface area contributed by atoms with Crippen molar-refractivity contribution >= 4 is 71.0 Å². The number of likely N-dealkylation sites (tertiary alicyclic amines) is 1. The number of carboxylic acid groups (broad SMARTS) is 2. The highest BCUT2D eigenvalue weighted by Gasteiger charge is 2.35. The van der Waals surface area contributed by atoms with Crippen LogP contribution in [0.2, 0.25) is 0 Å². The van der Waals surface area contributed by atoms with Crippen molar-refractivity contribution in [3.63, 3.8) is 0 Å². The van der Waals surface area contributed by atoms with Gasteiger partial charge >= 0.3 is 11.9 Å². The van der Waals surface area contributed by atoms with E-state index in [0.717, 1.165) is 11.3 Å². The van der Waals surface area contributed by atoms with Gasteiger partial charge in [0.05, 0.1) is 38.8 Å². The molecule has 0 bridgehead atoms. The quantitative estimate of drug-likeness (QED) is 0.0436. The molecule has 4 unspecified atom stereocenters. The zero-order valence-electron chi connectivity index (χ0n) is 37.3. The molecule has 2 heterocycles. The van der Waals surface area contributed by atoms with Crippen LogP contribution in [-0.2, 0) is 57.5 Å². The van der Waals surface area contributed by atoms with E-state index in [-0.39, 0.29) is 31.7 Å². The number of rotatable bonds is 24. The van der Waals surface area contributed by atoms with Gasteiger partial charge in [-0.1, -0.05) is 6.92 Å². The molecule has 11 N–H and O–H groups in total. The molecule has 0 spiro atoms. The highest BCUT2D eigenvalue weighted by atomic mass is 16.4. The highest BCUT2D eigenvalue weighted by Crippen LogP contribution is 2.17. The zero-order chi connectivity index (χ0) is 48.7. The molecule has 0 radical (unpaired) electrons. The van der Waals surface area contributed by atoms with Crippen LogP contribution >= 0.6 is 0 Å². The first-order valence-electron chi connectivity index (χ1n) is 21.0. The van der Waals surface area contributed by atoms with Crippen molar-refractivity contribution in [1.29, 1.82) is 0 Å². The first-order valence-corrected chi connectivity index (χ1v) is 21.0. The summed E-state index contributed by atoms with van der Waals surface area (Å²) >= 11 is 0. The topological polar surface area (TPSA) is 365 Å². The van der Waals surface area contributed by atoms with Crippen LogP contribution in [0.15, 0.2) is 0 Å². The van der Waals surface area contributed by atoms with Gasteiger partial charge in [0.25, 0.3) is 0 Å². The van der Waals surface area contributed by atoms with Gasteiger partial charge in [-0.05, 0) is 73.3 Å². The summed E-state index contributed by atoms with van der Waals surface area (Å²) in [6, 6.07) is -4.75. The molecule has 2 aliphatic heterocycles. The largest absolute Gasteiger partial charge is 0.481 e. The van der Waals surface area contributed by atoms with Gasteiger partial charge < -0.3 is 67.9 Å². The van der Waals surface area contributed by atoms with Gasteiger partial charge in [-0.25, -0.2) is 0 Å². The molecule has 0 saturated carbocycles. The van der Waals surface area contributed by atoms with Crippen molar-refractivity contribution in [2.75, 3.05) is 52.4 Å². The van der Waals surface area contributed by atoms with Gasteiger partial charge in [0.2, 0.25) is 59.1 Å². The lowest BCUT2D eigenvalue weighted by atomic mass is 10.1. The summed E-state index contributed by atoms with van der Waals surface area (Å²) < 4.78 is 0. The molecule has 10 amide bonds. The minimum atomic E-state index is -1.28. The number of amides is 10. The van der Waals surface area contributed by atoms with Crippen LogP contribution in [0, 0.1) is 0 Å². The summed E-state index contributed by atoms with van der Waals surface area (Å²) in [5.74, 6) is -8.54. The van der Waals surface area contributed by atoms with Crippen molar-refractivity contribution in [2.45, 2.75) is 123 Å². The van der Waals surface area contributed by atoms with Crippen LogP contribution in [0.4, 0.5) is 0 Å². The summed E-state index contributed by atoms with van der Waals surface area (Å²) in [7, 11) is 0. The number of primary amides is 1. The zero-order valence-corrected chi connectivity index (χ0v) is 37.3. The third-order valence-corrected chi connectivity index (χ3v) is 9.89. The van der Waals surface area contributed by atoms with E-state index in [1.807, 2.05) is 0 Å². The van der Waals surface area contributed by atoms with E-state index >= 15 is 0 Å². The predicted molar refractivity (Wildman–Crippen MR) is 225 cm³/mol. The normalized spacial score (nSPS) is 16.2. The summed E-state index contributed by atoms with van der Waals surface area (Å²) in [4.78, 5) is 151. The lowest BCUT2D eigenvalue weighted by Crippen LogP contribution is -2.56. The Morgan fingerprint density at radius 2 is 1.31 bits per heavy atom. The smallest absolute Gasteiger partial charge is 0.322 e. The number of nitrogens with two attached hydrogens (primary N) is 1. The first kappa shape index (κ1) is 55.6. The van der Waals surface area contributed by atoms with Crippen molar-refractivity contribution in [3.8, 4) is 0 Å². The molecule has 25 heteroatoms. The van der Waals surface area contributed by atoms with Crippen molar-refractivity contribution in [2.24, 2.45) is 5.73 Å². The summed E-state index contributed by atoms with van der Waals surface area (Å²) in [6.07, 6.45) is 2.03. The Kier molecular flexibility index (Phi) is 24.6. The molecule has 0 aromatic heterocycles. The number of hydrogen-bond acceptors (Lipinski definition) is 13. The highest BCUT2D eigenvalue weighted by molar-refractivity contribution is 5.96. The van der Waals surface area contributed by atoms with E-state index in [2.05, 4.69) is 37.2 Å². The second-order valence-electron chi connectivity index (χ2n) is 15.5. The van der Waals surface area contributed by atoms with Crippen LogP contribution < -0.4 is 43.0 Å². The second-order valence-corrected chi connectivity index (χ2v) is 15.5. The molecule has 2 saturated heterocycles. The maximum absolute atomic E-state index is 13.3. The molecule has 64 heavy (non-hydrogen) atoms. The fourth-order valence-corrected chi connectivity index (χ4v) is 6.53. The molecule has 2 aliphatic rings. The average molecular weight is 912 g/mol. The molecule has 25 nitrogen and oxygen atoms in total. The molecule has 0 aromatic rings. The Morgan fingerprint density at radius 3 is 1.86 bits per heavy atom. The number of carboxylic acids is 2. The van der Waals surface area contributed by atoms with E-state index in [9.17, 15) is 57.5 Å². The van der Waals surface area contributed by atoms with E-state index < -0.39 is 141 Å². The monoisotopic (exact) mass is 911 g/mol. The Balaban J connectivity index is 0.00000386. The van der Waals surface area contributed by atoms with E-state index in [1.165, 1.54) is 16.7 Å².